The van der Waals surface area contributed by atoms with E-state index < -0.39 is 17.1 Å². The van der Waals surface area contributed by atoms with E-state index in [0.29, 0.717) is 11.8 Å². The molecule has 0 aromatic rings. The number of fused-ring (bicyclic) bond motifs is 1. The number of ether oxygens (including phenoxy) is 2. The van der Waals surface area contributed by atoms with Crippen LogP contribution in [0.15, 0.2) is 0 Å². The average molecular weight is 283 g/mol. The van der Waals surface area contributed by atoms with Gasteiger partial charge in [-0.1, -0.05) is 0 Å². The molecule has 0 heterocycles. The van der Waals surface area contributed by atoms with Crippen molar-refractivity contribution in [3.8, 4) is 0 Å². The summed E-state index contributed by atoms with van der Waals surface area (Å²) in [7, 11) is 1.40. The number of carbonyl (C=O) groups is 2. The van der Waals surface area contributed by atoms with Gasteiger partial charge in [-0.3, -0.25) is 4.79 Å². The van der Waals surface area contributed by atoms with Gasteiger partial charge in [-0.25, -0.2) is 4.79 Å². The van der Waals surface area contributed by atoms with Crippen LogP contribution < -0.4 is 5.32 Å². The zero-order valence-corrected chi connectivity index (χ0v) is 13.0. The molecule has 4 atom stereocenters. The molecule has 0 aliphatic heterocycles. The number of amides is 1. The standard InChI is InChI=1S/C15H25NO4/c1-14(2,3)20-13(18)16-11-10-8-9(10)6-7-15(11,4)12(17)19-5/h9-11H,6-8H2,1-5H3,(H,16,18)/t9?,10?,11?,15-/m1/s1. The predicted octanol–water partition coefficient (Wildman–Crippen LogP) is 2.49. The molecule has 1 amide bonds. The van der Waals surface area contributed by atoms with Crippen LogP contribution in [0.25, 0.3) is 0 Å². The minimum Gasteiger partial charge on any atom is -0.469 e. The van der Waals surface area contributed by atoms with Crippen molar-refractivity contribution in [3.05, 3.63) is 0 Å². The van der Waals surface area contributed by atoms with Crippen LogP contribution in [0.2, 0.25) is 0 Å². The fraction of sp³-hybridized carbons (Fsp3) is 0.867. The third-order valence-electron chi connectivity index (χ3n) is 4.45. The highest BCUT2D eigenvalue weighted by molar-refractivity contribution is 5.79. The van der Waals surface area contributed by atoms with Crippen LogP contribution in [0.5, 0.6) is 0 Å². The third-order valence-corrected chi connectivity index (χ3v) is 4.45. The fourth-order valence-corrected chi connectivity index (χ4v) is 3.29. The molecule has 5 heteroatoms. The Labute approximate surface area is 120 Å². The normalized spacial score (nSPS) is 35.8. The molecule has 0 aromatic heterocycles. The molecule has 0 bridgehead atoms. The van der Waals surface area contributed by atoms with Gasteiger partial charge in [-0.2, -0.15) is 0 Å². The summed E-state index contributed by atoms with van der Waals surface area (Å²) in [6.45, 7) is 7.36. The van der Waals surface area contributed by atoms with Gasteiger partial charge in [-0.15, -0.1) is 0 Å². The molecule has 2 aliphatic carbocycles. The first-order chi connectivity index (χ1) is 9.17. The van der Waals surface area contributed by atoms with Crippen LogP contribution in [-0.2, 0) is 14.3 Å². The first kappa shape index (κ1) is 15.1. The molecular formula is C15H25NO4. The molecule has 0 aromatic carbocycles. The predicted molar refractivity (Wildman–Crippen MR) is 74.1 cm³/mol. The maximum absolute atomic E-state index is 12.1. The number of methoxy groups -OCH3 is 1. The summed E-state index contributed by atoms with van der Waals surface area (Å²) in [5.74, 6) is 0.761. The zero-order valence-electron chi connectivity index (χ0n) is 13.0. The Morgan fingerprint density at radius 3 is 2.50 bits per heavy atom. The van der Waals surface area contributed by atoms with Crippen molar-refractivity contribution in [2.45, 2.75) is 58.6 Å². The zero-order chi connectivity index (χ0) is 15.1. The molecule has 3 unspecified atom stereocenters. The summed E-state index contributed by atoms with van der Waals surface area (Å²) >= 11 is 0. The van der Waals surface area contributed by atoms with E-state index in [0.717, 1.165) is 19.3 Å². The first-order valence-corrected chi connectivity index (χ1v) is 7.25. The Morgan fingerprint density at radius 1 is 1.30 bits per heavy atom. The van der Waals surface area contributed by atoms with Crippen LogP contribution in [0.1, 0.15) is 47.0 Å². The number of hydrogen-bond acceptors (Lipinski definition) is 4. The van der Waals surface area contributed by atoms with Gasteiger partial charge in [-0.05, 0) is 58.8 Å². The summed E-state index contributed by atoms with van der Waals surface area (Å²) in [5, 5.41) is 2.91. The molecule has 20 heavy (non-hydrogen) atoms. The van der Waals surface area contributed by atoms with Crippen LogP contribution in [0, 0.1) is 17.3 Å². The maximum Gasteiger partial charge on any atom is 0.407 e. The lowest BCUT2D eigenvalue weighted by Crippen LogP contribution is -2.54. The van der Waals surface area contributed by atoms with Gasteiger partial charge in [0.05, 0.1) is 18.6 Å². The van der Waals surface area contributed by atoms with E-state index >= 15 is 0 Å². The van der Waals surface area contributed by atoms with Crippen molar-refractivity contribution in [1.82, 2.24) is 5.32 Å². The summed E-state index contributed by atoms with van der Waals surface area (Å²) in [6, 6.07) is -0.191. The summed E-state index contributed by atoms with van der Waals surface area (Å²) in [5.41, 5.74) is -1.19. The monoisotopic (exact) mass is 283 g/mol. The van der Waals surface area contributed by atoms with Crippen molar-refractivity contribution < 1.29 is 19.1 Å². The van der Waals surface area contributed by atoms with E-state index in [1.54, 1.807) is 0 Å². The van der Waals surface area contributed by atoms with Gasteiger partial charge < -0.3 is 14.8 Å². The fourth-order valence-electron chi connectivity index (χ4n) is 3.29. The van der Waals surface area contributed by atoms with Crippen LogP contribution in [0.4, 0.5) is 4.79 Å². The average Bonchev–Trinajstić information content (AvgIpc) is 3.09. The van der Waals surface area contributed by atoms with Crippen molar-refractivity contribution >= 4 is 12.1 Å². The van der Waals surface area contributed by atoms with Crippen LogP contribution in [-0.4, -0.2) is 30.8 Å². The molecule has 0 spiro atoms. The molecular weight excluding hydrogens is 258 g/mol. The molecule has 1 N–H and O–H groups in total. The van der Waals surface area contributed by atoms with Gasteiger partial charge in [0.1, 0.15) is 5.60 Å². The van der Waals surface area contributed by atoms with E-state index in [-0.39, 0.29) is 12.0 Å². The lowest BCUT2D eigenvalue weighted by Gasteiger charge is -2.39. The molecule has 0 radical (unpaired) electrons. The number of nitrogens with one attached hydrogen (secondary N) is 1. The maximum atomic E-state index is 12.1. The van der Waals surface area contributed by atoms with Crippen LogP contribution >= 0.6 is 0 Å². The van der Waals surface area contributed by atoms with Crippen molar-refractivity contribution in [3.63, 3.8) is 0 Å². The van der Waals surface area contributed by atoms with E-state index in [2.05, 4.69) is 5.32 Å². The Bertz CT molecular complexity index is 415. The highest BCUT2D eigenvalue weighted by Gasteiger charge is 2.58. The van der Waals surface area contributed by atoms with Crippen molar-refractivity contribution in [2.24, 2.45) is 17.3 Å². The summed E-state index contributed by atoms with van der Waals surface area (Å²) < 4.78 is 10.3. The Hall–Kier alpha value is -1.26. The van der Waals surface area contributed by atoms with E-state index in [4.69, 9.17) is 9.47 Å². The van der Waals surface area contributed by atoms with Gasteiger partial charge in [0.25, 0.3) is 0 Å². The largest absolute Gasteiger partial charge is 0.469 e. The smallest absolute Gasteiger partial charge is 0.407 e. The lowest BCUT2D eigenvalue weighted by atomic mass is 9.71. The van der Waals surface area contributed by atoms with E-state index in [1.807, 2.05) is 27.7 Å². The topological polar surface area (TPSA) is 64.6 Å². The lowest BCUT2D eigenvalue weighted by molar-refractivity contribution is -0.155. The van der Waals surface area contributed by atoms with E-state index in [1.165, 1.54) is 7.11 Å². The highest BCUT2D eigenvalue weighted by Crippen LogP contribution is 2.56. The number of rotatable bonds is 2. The molecule has 114 valence electrons. The quantitative estimate of drug-likeness (QED) is 0.791. The van der Waals surface area contributed by atoms with Gasteiger partial charge in [0.2, 0.25) is 0 Å². The minimum atomic E-state index is -0.649. The molecule has 2 saturated carbocycles. The second kappa shape index (κ2) is 4.93. The summed E-state index contributed by atoms with van der Waals surface area (Å²) in [6.07, 6.45) is 2.40. The van der Waals surface area contributed by atoms with Crippen LogP contribution in [0.3, 0.4) is 0 Å². The third kappa shape index (κ3) is 2.91. The van der Waals surface area contributed by atoms with Crippen molar-refractivity contribution in [1.29, 1.82) is 0 Å². The van der Waals surface area contributed by atoms with Gasteiger partial charge in [0, 0.05) is 0 Å². The SMILES string of the molecule is COC(=O)[C@]1(C)CCC2CC2C1NC(=O)OC(C)(C)C. The molecule has 2 aliphatic rings. The summed E-state index contributed by atoms with van der Waals surface area (Å²) in [4.78, 5) is 24.1. The highest BCUT2D eigenvalue weighted by atomic mass is 16.6. The second-order valence-electron chi connectivity index (χ2n) is 7.23. The molecule has 0 saturated heterocycles. The Kier molecular flexibility index (Phi) is 3.73. The van der Waals surface area contributed by atoms with Crippen molar-refractivity contribution in [2.75, 3.05) is 7.11 Å². The van der Waals surface area contributed by atoms with Gasteiger partial charge >= 0.3 is 12.1 Å². The second-order valence-corrected chi connectivity index (χ2v) is 7.23. The Morgan fingerprint density at radius 2 is 1.95 bits per heavy atom. The molecule has 2 rings (SSSR count). The van der Waals surface area contributed by atoms with E-state index in [9.17, 15) is 9.59 Å². The molecule has 5 nitrogen and oxygen atoms in total. The first-order valence-electron chi connectivity index (χ1n) is 7.25. The number of alkyl carbamates (subject to hydrolysis) is 1. The number of carbonyl (C=O) groups excluding carboxylic acids is 2. The molecule has 2 fully saturated rings. The minimum absolute atomic E-state index is 0.191. The number of esters is 1. The Balaban J connectivity index is 2.10. The number of hydrogen-bond donors (Lipinski definition) is 1. The van der Waals surface area contributed by atoms with Gasteiger partial charge in [0.15, 0.2) is 0 Å².